The molecule has 2 amide bonds. The molecular formula is C10H21BIN2O2PS2. The predicted octanol–water partition coefficient (Wildman–Crippen LogP) is 2.48. The van der Waals surface area contributed by atoms with Crippen LogP contribution in [-0.2, 0) is 9.59 Å². The van der Waals surface area contributed by atoms with Gasteiger partial charge in [-0.15, -0.1) is 21.4 Å². The summed E-state index contributed by atoms with van der Waals surface area (Å²) in [6.45, 7) is 3.45. The van der Waals surface area contributed by atoms with E-state index in [4.69, 9.17) is 0 Å². The highest BCUT2D eigenvalue weighted by atomic mass is 127. The monoisotopic (exact) mass is 434 g/mol. The lowest BCUT2D eigenvalue weighted by molar-refractivity contribution is -0.122. The highest BCUT2D eigenvalue weighted by Crippen LogP contribution is 2.30. The van der Waals surface area contributed by atoms with Crippen molar-refractivity contribution in [2.24, 2.45) is 0 Å². The van der Waals surface area contributed by atoms with Gasteiger partial charge in [-0.3, -0.25) is 9.59 Å². The fraction of sp³-hybridized carbons (Fsp3) is 0.800. The van der Waals surface area contributed by atoms with Crippen LogP contribution in [0.15, 0.2) is 0 Å². The Morgan fingerprint density at radius 1 is 1.21 bits per heavy atom. The molecule has 0 rings (SSSR count). The number of halogens is 1. The average molecular weight is 434 g/mol. The molecule has 0 radical (unpaired) electrons. The molecule has 0 aromatic heterocycles. The Hall–Kier alpha value is 0.865. The second kappa shape index (κ2) is 15.3. The molecule has 0 aliphatic rings. The van der Waals surface area contributed by atoms with Crippen LogP contribution in [0, 0.1) is 0 Å². The van der Waals surface area contributed by atoms with Crippen LogP contribution >= 0.6 is 49.6 Å². The van der Waals surface area contributed by atoms with Crippen LogP contribution in [-0.4, -0.2) is 36.9 Å². The molecule has 0 saturated carbocycles. The van der Waals surface area contributed by atoms with Crippen molar-refractivity contribution in [3.8, 4) is 0 Å². The normalized spacial score (nSPS) is 10.6. The van der Waals surface area contributed by atoms with Gasteiger partial charge < -0.3 is 10.6 Å². The second-order valence-electron chi connectivity index (χ2n) is 3.77. The predicted molar refractivity (Wildman–Crippen MR) is 99.7 cm³/mol. The second-order valence-corrected chi connectivity index (χ2v) is 9.78. The molecule has 1 unspecified atom stereocenters. The Kier molecular flexibility index (Phi) is 16.0. The zero-order valence-electron chi connectivity index (χ0n) is 11.2. The standard InChI is InChI=1S/C10H21BIN2O2PS2/c1-2-6-13-9(15)4-3-5-10(16)14-7-8-18-19-11-17-12/h11,17H,2-8H2,1H3,(H,13,15)(H,14,16). The molecule has 0 heterocycles. The van der Waals surface area contributed by atoms with Crippen LogP contribution < -0.4 is 10.6 Å². The molecule has 9 heteroatoms. The molecule has 0 saturated heterocycles. The minimum atomic E-state index is 0.0428. The van der Waals surface area contributed by atoms with Crippen LogP contribution in [0.3, 0.4) is 0 Å². The largest absolute Gasteiger partial charge is 0.356 e. The summed E-state index contributed by atoms with van der Waals surface area (Å²) in [4.78, 5) is 22.8. The third kappa shape index (κ3) is 15.1. The van der Waals surface area contributed by atoms with Gasteiger partial charge in [0.25, 0.3) is 0 Å². The van der Waals surface area contributed by atoms with E-state index in [9.17, 15) is 9.59 Å². The molecule has 2 N–H and O–H groups in total. The van der Waals surface area contributed by atoms with Crippen molar-refractivity contribution < 1.29 is 9.59 Å². The third-order valence-electron chi connectivity index (χ3n) is 2.08. The molecule has 0 aromatic carbocycles. The van der Waals surface area contributed by atoms with Crippen molar-refractivity contribution in [2.45, 2.75) is 32.6 Å². The fourth-order valence-corrected chi connectivity index (χ4v) is 7.21. The quantitative estimate of drug-likeness (QED) is 0.163. The summed E-state index contributed by atoms with van der Waals surface area (Å²) >= 11 is 2.38. The molecule has 110 valence electrons. The fourth-order valence-electron chi connectivity index (χ4n) is 1.21. The lowest BCUT2D eigenvalue weighted by atomic mass is 10.2. The van der Waals surface area contributed by atoms with E-state index in [-0.39, 0.29) is 11.8 Å². The van der Waals surface area contributed by atoms with E-state index in [0.29, 0.717) is 25.8 Å². The Morgan fingerprint density at radius 3 is 2.42 bits per heavy atom. The van der Waals surface area contributed by atoms with Crippen molar-refractivity contribution in [3.05, 3.63) is 0 Å². The van der Waals surface area contributed by atoms with Crippen LogP contribution in [0.5, 0.6) is 0 Å². The van der Waals surface area contributed by atoms with Crippen molar-refractivity contribution in [1.29, 1.82) is 0 Å². The Labute approximate surface area is 138 Å². The van der Waals surface area contributed by atoms with E-state index in [2.05, 4.69) is 32.7 Å². The van der Waals surface area contributed by atoms with Gasteiger partial charge in [0.2, 0.25) is 18.1 Å². The van der Waals surface area contributed by atoms with Crippen molar-refractivity contribution in [2.75, 3.05) is 18.8 Å². The summed E-state index contributed by atoms with van der Waals surface area (Å²) in [5.41, 5.74) is 0. The van der Waals surface area contributed by atoms with Crippen LogP contribution in [0.25, 0.3) is 0 Å². The van der Waals surface area contributed by atoms with E-state index < -0.39 is 0 Å². The maximum Gasteiger partial charge on any atom is 0.242 e. The SMILES string of the molecule is CCCNC(=O)CCCC(=O)NCCSSBPI. The van der Waals surface area contributed by atoms with Crippen molar-refractivity contribution in [3.63, 3.8) is 0 Å². The zero-order chi connectivity index (χ0) is 14.3. The van der Waals surface area contributed by atoms with E-state index in [1.165, 1.54) is 6.28 Å². The van der Waals surface area contributed by atoms with Gasteiger partial charge in [-0.1, -0.05) is 35.1 Å². The molecule has 0 aliphatic heterocycles. The topological polar surface area (TPSA) is 58.2 Å². The molecule has 4 nitrogen and oxygen atoms in total. The molecule has 0 aromatic rings. The molecule has 0 fully saturated rings. The van der Waals surface area contributed by atoms with Gasteiger partial charge in [0.1, 0.15) is 0 Å². The molecule has 0 aliphatic carbocycles. The van der Waals surface area contributed by atoms with E-state index in [0.717, 1.165) is 24.8 Å². The van der Waals surface area contributed by atoms with E-state index in [1.807, 2.05) is 17.6 Å². The number of amides is 2. The van der Waals surface area contributed by atoms with Crippen LogP contribution in [0.2, 0.25) is 0 Å². The van der Waals surface area contributed by atoms with Crippen molar-refractivity contribution >= 4 is 67.7 Å². The first-order valence-corrected chi connectivity index (χ1v) is 13.1. The molecule has 0 bridgehead atoms. The number of hydrogen-bond donors (Lipinski definition) is 2. The summed E-state index contributed by atoms with van der Waals surface area (Å²) in [5.74, 6) is 1.03. The van der Waals surface area contributed by atoms with Gasteiger partial charge in [0.05, 0.1) is 0 Å². The summed E-state index contributed by atoms with van der Waals surface area (Å²) in [5, 5.41) is 5.67. The summed E-state index contributed by atoms with van der Waals surface area (Å²) in [6.07, 6.45) is 4.57. The zero-order valence-corrected chi connectivity index (χ0v) is 16.0. The number of carbonyl (C=O) groups is 2. The lowest BCUT2D eigenvalue weighted by Gasteiger charge is -2.05. The third-order valence-corrected chi connectivity index (χ3v) is 8.39. The summed E-state index contributed by atoms with van der Waals surface area (Å²) in [7, 11) is 3.65. The van der Waals surface area contributed by atoms with Crippen LogP contribution in [0.4, 0.5) is 0 Å². The molecule has 0 spiro atoms. The number of carbonyl (C=O) groups excluding carboxylic acids is 2. The van der Waals surface area contributed by atoms with Gasteiger partial charge in [-0.25, -0.2) is 0 Å². The van der Waals surface area contributed by atoms with E-state index in [1.54, 1.807) is 10.8 Å². The van der Waals surface area contributed by atoms with Crippen LogP contribution in [0.1, 0.15) is 32.6 Å². The lowest BCUT2D eigenvalue weighted by Crippen LogP contribution is -2.27. The Balaban J connectivity index is 3.32. The maximum atomic E-state index is 11.5. The van der Waals surface area contributed by atoms with Gasteiger partial charge in [0, 0.05) is 31.7 Å². The molecule has 1 atom stereocenters. The van der Waals surface area contributed by atoms with Crippen molar-refractivity contribution in [1.82, 2.24) is 10.6 Å². The van der Waals surface area contributed by atoms with E-state index >= 15 is 0 Å². The molecular weight excluding hydrogens is 413 g/mol. The minimum Gasteiger partial charge on any atom is -0.356 e. The summed E-state index contributed by atoms with van der Waals surface area (Å²) < 4.78 is 0. The van der Waals surface area contributed by atoms with Gasteiger partial charge >= 0.3 is 0 Å². The van der Waals surface area contributed by atoms with Gasteiger partial charge in [-0.05, 0) is 12.8 Å². The number of hydrogen-bond acceptors (Lipinski definition) is 4. The first kappa shape index (κ1) is 19.9. The number of nitrogens with one attached hydrogen (secondary N) is 2. The smallest absolute Gasteiger partial charge is 0.242 e. The maximum absolute atomic E-state index is 11.5. The first-order valence-electron chi connectivity index (χ1n) is 6.32. The Bertz CT molecular complexity index is 266. The van der Waals surface area contributed by atoms with Gasteiger partial charge in [-0.2, -0.15) is 0 Å². The van der Waals surface area contributed by atoms with Gasteiger partial charge in [0.15, 0.2) is 0 Å². The number of rotatable bonds is 12. The molecule has 19 heavy (non-hydrogen) atoms. The Morgan fingerprint density at radius 2 is 1.84 bits per heavy atom. The first-order chi connectivity index (χ1) is 9.20. The summed E-state index contributed by atoms with van der Waals surface area (Å²) in [6, 6.07) is 0. The minimum absolute atomic E-state index is 0.0428. The highest BCUT2D eigenvalue weighted by Gasteiger charge is 2.04. The average Bonchev–Trinajstić information content (AvgIpc) is 2.40. The highest BCUT2D eigenvalue weighted by molar-refractivity contribution is 14.2.